The highest BCUT2D eigenvalue weighted by atomic mass is 16.2. The van der Waals surface area contributed by atoms with Gasteiger partial charge in [0.05, 0.1) is 5.69 Å². The van der Waals surface area contributed by atoms with Crippen LogP contribution in [0.5, 0.6) is 0 Å². The molecule has 2 aliphatic heterocycles. The molecule has 1 aromatic carbocycles. The second-order valence-electron chi connectivity index (χ2n) is 9.40. The molecule has 2 aromatic heterocycles. The number of aryl methyl sites for hydroxylation is 2. The minimum absolute atomic E-state index is 0.0107. The number of para-hydroxylation sites is 1. The molecule has 2 saturated heterocycles. The summed E-state index contributed by atoms with van der Waals surface area (Å²) >= 11 is 0. The summed E-state index contributed by atoms with van der Waals surface area (Å²) in [4.78, 5) is 36.3. The molecule has 0 spiro atoms. The lowest BCUT2D eigenvalue weighted by molar-refractivity contribution is -0.132. The molecule has 2 amide bonds. The Hall–Kier alpha value is -3.68. The monoisotopic (exact) mass is 472 g/mol. The highest BCUT2D eigenvalue weighted by Crippen LogP contribution is 2.32. The molecule has 0 aliphatic carbocycles. The fraction of sp³-hybridized carbons (Fsp3) is 0.407. The van der Waals surface area contributed by atoms with Crippen LogP contribution in [0.2, 0.25) is 0 Å². The lowest BCUT2D eigenvalue weighted by atomic mass is 10.0. The smallest absolute Gasteiger partial charge is 0.272 e. The molecule has 4 heterocycles. The van der Waals surface area contributed by atoms with Crippen molar-refractivity contribution in [3.8, 4) is 11.1 Å². The topological polar surface area (TPSA) is 74.6 Å². The summed E-state index contributed by atoms with van der Waals surface area (Å²) < 4.78 is 1.78. The van der Waals surface area contributed by atoms with E-state index in [1.165, 1.54) is 0 Å². The van der Waals surface area contributed by atoms with Gasteiger partial charge in [-0.3, -0.25) is 19.3 Å². The SMILES string of the molecule is Cc1cc(C)n(CC(=O)N2CCN(c3ccccc3-c3ccnc(C(=O)N4CCCC4)c3)CC2)n1. The second-order valence-corrected chi connectivity index (χ2v) is 9.40. The van der Waals surface area contributed by atoms with Crippen molar-refractivity contribution < 1.29 is 9.59 Å². The lowest BCUT2D eigenvalue weighted by Gasteiger charge is -2.37. The number of benzene rings is 1. The lowest BCUT2D eigenvalue weighted by Crippen LogP contribution is -2.49. The number of pyridine rings is 1. The zero-order chi connectivity index (χ0) is 24.4. The van der Waals surface area contributed by atoms with Crippen LogP contribution >= 0.6 is 0 Å². The van der Waals surface area contributed by atoms with Gasteiger partial charge in [-0.1, -0.05) is 18.2 Å². The van der Waals surface area contributed by atoms with E-state index in [0.717, 1.165) is 67.2 Å². The molecular weight excluding hydrogens is 440 g/mol. The number of likely N-dealkylation sites (tertiary alicyclic amines) is 1. The van der Waals surface area contributed by atoms with Crippen molar-refractivity contribution in [2.24, 2.45) is 0 Å². The van der Waals surface area contributed by atoms with Gasteiger partial charge >= 0.3 is 0 Å². The number of carbonyl (C=O) groups excluding carboxylic acids is 2. The average molecular weight is 473 g/mol. The van der Waals surface area contributed by atoms with Crippen molar-refractivity contribution in [1.29, 1.82) is 0 Å². The molecule has 5 rings (SSSR count). The van der Waals surface area contributed by atoms with Gasteiger partial charge in [-0.2, -0.15) is 5.10 Å². The van der Waals surface area contributed by atoms with Gasteiger partial charge in [0.1, 0.15) is 12.2 Å². The predicted molar refractivity (Wildman–Crippen MR) is 135 cm³/mol. The van der Waals surface area contributed by atoms with Gasteiger partial charge in [-0.15, -0.1) is 0 Å². The maximum Gasteiger partial charge on any atom is 0.272 e. The number of hydrogen-bond donors (Lipinski definition) is 0. The van der Waals surface area contributed by atoms with E-state index in [-0.39, 0.29) is 18.4 Å². The van der Waals surface area contributed by atoms with Crippen molar-refractivity contribution >= 4 is 17.5 Å². The average Bonchev–Trinajstić information content (AvgIpc) is 3.53. The first-order valence-electron chi connectivity index (χ1n) is 12.4. The third-order valence-corrected chi connectivity index (χ3v) is 6.95. The molecule has 3 aromatic rings. The molecule has 0 radical (unpaired) electrons. The van der Waals surface area contributed by atoms with Crippen molar-refractivity contribution in [2.45, 2.75) is 33.2 Å². The molecule has 182 valence electrons. The van der Waals surface area contributed by atoms with Crippen LogP contribution < -0.4 is 4.90 Å². The van der Waals surface area contributed by atoms with E-state index in [1.54, 1.807) is 10.9 Å². The standard InChI is InChI=1S/C27H32N6O2/c1-20-17-21(2)33(29-20)19-26(34)31-15-13-30(14-16-31)25-8-4-3-7-23(25)22-9-10-28-24(18-22)27(35)32-11-5-6-12-32/h3-4,7-10,17-18H,5-6,11-16,19H2,1-2H3. The van der Waals surface area contributed by atoms with Gasteiger partial charge in [0, 0.05) is 62.4 Å². The molecule has 0 atom stereocenters. The molecule has 0 unspecified atom stereocenters. The van der Waals surface area contributed by atoms with E-state index >= 15 is 0 Å². The Morgan fingerprint density at radius 1 is 0.886 bits per heavy atom. The summed E-state index contributed by atoms with van der Waals surface area (Å²) in [6, 6.07) is 14.1. The Balaban J connectivity index is 1.29. The fourth-order valence-electron chi connectivity index (χ4n) is 5.05. The summed E-state index contributed by atoms with van der Waals surface area (Å²) in [6.45, 7) is 8.66. The quantitative estimate of drug-likeness (QED) is 0.570. The molecule has 8 heteroatoms. The van der Waals surface area contributed by atoms with Crippen molar-refractivity contribution in [2.75, 3.05) is 44.2 Å². The number of aromatic nitrogens is 3. The van der Waals surface area contributed by atoms with Crippen LogP contribution in [0.4, 0.5) is 5.69 Å². The summed E-state index contributed by atoms with van der Waals surface area (Å²) in [5.74, 6) is 0.111. The number of rotatable bonds is 5. The summed E-state index contributed by atoms with van der Waals surface area (Å²) in [6.07, 6.45) is 3.85. The molecular formula is C27H32N6O2. The van der Waals surface area contributed by atoms with E-state index < -0.39 is 0 Å². The first kappa shape index (κ1) is 23.1. The van der Waals surface area contributed by atoms with E-state index in [4.69, 9.17) is 0 Å². The highest BCUT2D eigenvalue weighted by molar-refractivity contribution is 5.94. The molecule has 0 saturated carbocycles. The number of carbonyl (C=O) groups is 2. The maximum atomic E-state index is 12.9. The van der Waals surface area contributed by atoms with Crippen molar-refractivity contribution in [1.82, 2.24) is 24.6 Å². The third kappa shape index (κ3) is 4.92. The molecule has 2 fully saturated rings. The van der Waals surface area contributed by atoms with Crippen LogP contribution in [0, 0.1) is 13.8 Å². The van der Waals surface area contributed by atoms with Gasteiger partial charge in [0.2, 0.25) is 5.91 Å². The maximum absolute atomic E-state index is 12.9. The van der Waals surface area contributed by atoms with Crippen LogP contribution in [0.25, 0.3) is 11.1 Å². The van der Waals surface area contributed by atoms with E-state index in [9.17, 15) is 9.59 Å². The highest BCUT2D eigenvalue weighted by Gasteiger charge is 2.25. The van der Waals surface area contributed by atoms with Gasteiger partial charge in [-0.25, -0.2) is 0 Å². The van der Waals surface area contributed by atoms with Crippen LogP contribution in [0.15, 0.2) is 48.7 Å². The van der Waals surface area contributed by atoms with Crippen LogP contribution in [-0.4, -0.2) is 75.6 Å². The normalized spacial score (nSPS) is 16.1. The second kappa shape index (κ2) is 9.90. The Kier molecular flexibility index (Phi) is 6.53. The minimum Gasteiger partial charge on any atom is -0.367 e. The molecule has 0 N–H and O–H groups in total. The minimum atomic E-state index is 0.0107. The fourth-order valence-corrected chi connectivity index (χ4v) is 5.05. The van der Waals surface area contributed by atoms with Gasteiger partial charge in [0.15, 0.2) is 0 Å². The Morgan fingerprint density at radius 2 is 1.63 bits per heavy atom. The predicted octanol–water partition coefficient (Wildman–Crippen LogP) is 3.15. The summed E-state index contributed by atoms with van der Waals surface area (Å²) in [7, 11) is 0. The van der Waals surface area contributed by atoms with Crippen molar-refractivity contribution in [3.05, 3.63) is 65.7 Å². The van der Waals surface area contributed by atoms with E-state index in [2.05, 4.69) is 27.1 Å². The van der Waals surface area contributed by atoms with Gasteiger partial charge in [-0.05, 0) is 56.5 Å². The Bertz CT molecular complexity index is 1220. The first-order chi connectivity index (χ1) is 17.0. The summed E-state index contributed by atoms with van der Waals surface area (Å²) in [5.41, 5.74) is 5.61. The van der Waals surface area contributed by atoms with Gasteiger partial charge < -0.3 is 14.7 Å². The zero-order valence-corrected chi connectivity index (χ0v) is 20.5. The largest absolute Gasteiger partial charge is 0.367 e. The molecule has 2 aliphatic rings. The first-order valence-corrected chi connectivity index (χ1v) is 12.4. The van der Waals surface area contributed by atoms with Gasteiger partial charge in [0.25, 0.3) is 5.91 Å². The van der Waals surface area contributed by atoms with Crippen LogP contribution in [0.1, 0.15) is 34.7 Å². The van der Waals surface area contributed by atoms with Crippen molar-refractivity contribution in [3.63, 3.8) is 0 Å². The third-order valence-electron chi connectivity index (χ3n) is 6.95. The number of anilines is 1. The van der Waals surface area contributed by atoms with E-state index in [0.29, 0.717) is 18.8 Å². The van der Waals surface area contributed by atoms with E-state index in [1.807, 2.05) is 54.0 Å². The summed E-state index contributed by atoms with van der Waals surface area (Å²) in [5, 5.41) is 4.42. The molecule has 8 nitrogen and oxygen atoms in total. The van der Waals surface area contributed by atoms with Crippen LogP contribution in [0.3, 0.4) is 0 Å². The number of nitrogens with zero attached hydrogens (tertiary/aromatic N) is 6. The Labute approximate surface area is 206 Å². The molecule has 35 heavy (non-hydrogen) atoms. The van der Waals surface area contributed by atoms with Crippen LogP contribution in [-0.2, 0) is 11.3 Å². The number of piperazine rings is 1. The molecule has 0 bridgehead atoms. The zero-order valence-electron chi connectivity index (χ0n) is 20.5. The number of amides is 2. The number of hydrogen-bond acceptors (Lipinski definition) is 5. The Morgan fingerprint density at radius 3 is 2.34 bits per heavy atom.